The second kappa shape index (κ2) is 11.9. The molecule has 1 aromatic heterocycles. The zero-order valence-electron chi connectivity index (χ0n) is 18.1. The Labute approximate surface area is 196 Å². The van der Waals surface area contributed by atoms with Crippen LogP contribution in [0.4, 0.5) is 0 Å². The molecule has 0 aliphatic heterocycles. The number of nitrogens with zero attached hydrogens (tertiary/aromatic N) is 1. The van der Waals surface area contributed by atoms with E-state index in [1.54, 1.807) is 25.3 Å². The van der Waals surface area contributed by atoms with Gasteiger partial charge in [0, 0.05) is 24.7 Å². The van der Waals surface area contributed by atoms with E-state index in [0.717, 1.165) is 17.2 Å². The first-order valence-electron chi connectivity index (χ1n) is 10.6. The van der Waals surface area contributed by atoms with Gasteiger partial charge in [0.2, 0.25) is 5.91 Å². The average Bonchev–Trinajstić information content (AvgIpc) is 3.49. The lowest BCUT2D eigenvalue weighted by Crippen LogP contribution is -2.31. The maximum Gasteiger partial charge on any atom is 0.306 e. The van der Waals surface area contributed by atoms with E-state index in [1.807, 2.05) is 25.1 Å². The molecule has 0 spiro atoms. The van der Waals surface area contributed by atoms with E-state index in [-0.39, 0.29) is 30.8 Å². The van der Waals surface area contributed by atoms with Crippen LogP contribution in [-0.2, 0) is 14.3 Å². The van der Waals surface area contributed by atoms with Crippen LogP contribution in [0.3, 0.4) is 0 Å². The first-order valence-corrected chi connectivity index (χ1v) is 11.8. The first-order chi connectivity index (χ1) is 15.4. The first kappa shape index (κ1) is 24.1. The molecule has 0 radical (unpaired) electrons. The monoisotopic (exact) mass is 478 g/mol. The van der Waals surface area contributed by atoms with Gasteiger partial charge in [-0.1, -0.05) is 29.0 Å². The van der Waals surface area contributed by atoms with Gasteiger partial charge in [0.1, 0.15) is 11.5 Å². The largest absolute Gasteiger partial charge is 0.493 e. The van der Waals surface area contributed by atoms with Gasteiger partial charge >= 0.3 is 5.97 Å². The number of amides is 1. The Bertz CT molecular complexity index is 958. The van der Waals surface area contributed by atoms with Crippen molar-refractivity contribution in [2.45, 2.75) is 45.6 Å². The number of hydrogen-bond donors (Lipinski definition) is 1. The van der Waals surface area contributed by atoms with Crippen molar-refractivity contribution >= 4 is 40.9 Å². The Balaban J connectivity index is 1.46. The summed E-state index contributed by atoms with van der Waals surface area (Å²) in [5.74, 6) is 1.34. The normalized spacial score (nSPS) is 14.2. The minimum atomic E-state index is -0.372. The highest BCUT2D eigenvalue weighted by Gasteiger charge is 2.22. The maximum absolute atomic E-state index is 11.9. The SMILES string of the molecule is CCOC(=O)CCC(=O)N[C@@H](C)/C=C/c1cnc(Oc2ccc(OCC3CC3)cc2Cl)s1. The Morgan fingerprint density at radius 3 is 2.88 bits per heavy atom. The van der Waals surface area contributed by atoms with E-state index in [4.69, 9.17) is 25.8 Å². The quantitative estimate of drug-likeness (QED) is 0.420. The molecule has 2 aromatic rings. The van der Waals surface area contributed by atoms with E-state index in [9.17, 15) is 9.59 Å². The molecule has 1 heterocycles. The third-order valence-corrected chi connectivity index (χ3v) is 5.72. The van der Waals surface area contributed by atoms with E-state index in [1.165, 1.54) is 24.2 Å². The fourth-order valence-corrected chi connectivity index (χ4v) is 3.60. The molecule has 1 aromatic carbocycles. The fourth-order valence-electron chi connectivity index (χ4n) is 2.70. The van der Waals surface area contributed by atoms with Gasteiger partial charge in [0.05, 0.1) is 29.5 Å². The highest BCUT2D eigenvalue weighted by Crippen LogP contribution is 2.35. The smallest absolute Gasteiger partial charge is 0.306 e. The molecule has 3 rings (SSSR count). The zero-order chi connectivity index (χ0) is 22.9. The molecule has 172 valence electrons. The number of thiazole rings is 1. The summed E-state index contributed by atoms with van der Waals surface area (Å²) in [5.41, 5.74) is 0. The van der Waals surface area contributed by atoms with Crippen molar-refractivity contribution in [3.8, 4) is 16.7 Å². The minimum absolute atomic E-state index is 0.0713. The number of halogens is 1. The lowest BCUT2D eigenvalue weighted by atomic mass is 10.2. The van der Waals surface area contributed by atoms with Crippen LogP contribution in [0.25, 0.3) is 6.08 Å². The van der Waals surface area contributed by atoms with Gasteiger partial charge < -0.3 is 19.5 Å². The number of ether oxygens (including phenoxy) is 3. The second-order valence-electron chi connectivity index (χ2n) is 7.50. The van der Waals surface area contributed by atoms with Gasteiger partial charge in [0.25, 0.3) is 5.19 Å². The van der Waals surface area contributed by atoms with E-state index < -0.39 is 0 Å². The van der Waals surface area contributed by atoms with Crippen LogP contribution in [0, 0.1) is 5.92 Å². The predicted octanol–water partition coefficient (Wildman–Crippen LogP) is 5.24. The Hall–Kier alpha value is -2.58. The van der Waals surface area contributed by atoms with E-state index in [0.29, 0.717) is 28.5 Å². The van der Waals surface area contributed by atoms with Crippen molar-refractivity contribution in [2.24, 2.45) is 5.92 Å². The number of aromatic nitrogens is 1. The molecule has 0 bridgehead atoms. The summed E-state index contributed by atoms with van der Waals surface area (Å²) in [4.78, 5) is 28.4. The molecule has 0 unspecified atom stereocenters. The molecule has 1 amide bonds. The Morgan fingerprint density at radius 1 is 1.34 bits per heavy atom. The van der Waals surface area contributed by atoms with Crippen molar-refractivity contribution in [1.29, 1.82) is 0 Å². The molecule has 1 fully saturated rings. The Kier molecular flexibility index (Phi) is 8.93. The van der Waals surface area contributed by atoms with Crippen molar-refractivity contribution in [3.63, 3.8) is 0 Å². The van der Waals surface area contributed by atoms with Crippen molar-refractivity contribution in [2.75, 3.05) is 13.2 Å². The number of benzene rings is 1. The second-order valence-corrected chi connectivity index (χ2v) is 8.93. The molecular weight excluding hydrogens is 452 g/mol. The minimum Gasteiger partial charge on any atom is -0.493 e. The van der Waals surface area contributed by atoms with Crippen LogP contribution in [0.1, 0.15) is 44.4 Å². The summed E-state index contributed by atoms with van der Waals surface area (Å²) in [6, 6.07) is 5.16. The lowest BCUT2D eigenvalue weighted by Gasteiger charge is -2.09. The summed E-state index contributed by atoms with van der Waals surface area (Å²) in [5, 5.41) is 3.74. The van der Waals surface area contributed by atoms with Crippen LogP contribution < -0.4 is 14.8 Å². The summed E-state index contributed by atoms with van der Waals surface area (Å²) in [6.07, 6.45) is 8.03. The molecule has 9 heteroatoms. The molecule has 0 saturated heterocycles. The molecule has 1 aliphatic rings. The highest BCUT2D eigenvalue weighted by atomic mass is 35.5. The highest BCUT2D eigenvalue weighted by molar-refractivity contribution is 7.14. The van der Waals surface area contributed by atoms with Gasteiger partial charge in [-0.15, -0.1) is 0 Å². The zero-order valence-corrected chi connectivity index (χ0v) is 19.7. The third-order valence-electron chi connectivity index (χ3n) is 4.58. The maximum atomic E-state index is 11.9. The molecule has 32 heavy (non-hydrogen) atoms. The summed E-state index contributed by atoms with van der Waals surface area (Å²) in [6.45, 7) is 4.62. The van der Waals surface area contributed by atoms with Crippen molar-refractivity contribution < 1.29 is 23.8 Å². The molecule has 1 atom stereocenters. The van der Waals surface area contributed by atoms with E-state index in [2.05, 4.69) is 10.3 Å². The molecule has 1 saturated carbocycles. The standard InChI is InChI=1S/C23H27ClN2O5S/c1-3-29-22(28)11-10-21(27)26-15(2)4-8-18-13-25-23(32-18)31-20-9-7-17(12-19(20)24)30-14-16-5-6-16/h4,7-9,12-13,15-16H,3,5-6,10-11,14H2,1-2H3,(H,26,27)/b8-4+/t15-/m0/s1. The fraction of sp³-hybridized carbons (Fsp3) is 0.435. The van der Waals surface area contributed by atoms with Crippen LogP contribution in [0.2, 0.25) is 5.02 Å². The average molecular weight is 479 g/mol. The third kappa shape index (κ3) is 8.16. The van der Waals surface area contributed by atoms with Gasteiger partial charge in [-0.3, -0.25) is 9.59 Å². The number of carbonyl (C=O) groups excluding carboxylic acids is 2. The molecular formula is C23H27ClN2O5S. The molecule has 1 aliphatic carbocycles. The van der Waals surface area contributed by atoms with Crippen LogP contribution >= 0.6 is 22.9 Å². The number of carbonyl (C=O) groups is 2. The summed E-state index contributed by atoms with van der Waals surface area (Å²) in [7, 11) is 0. The van der Waals surface area contributed by atoms with Crippen molar-refractivity contribution in [3.05, 3.63) is 40.4 Å². The number of hydrogen-bond acceptors (Lipinski definition) is 7. The van der Waals surface area contributed by atoms with Gasteiger partial charge in [-0.25, -0.2) is 4.98 Å². The predicted molar refractivity (Wildman–Crippen MR) is 124 cm³/mol. The van der Waals surface area contributed by atoms with Crippen LogP contribution in [0.5, 0.6) is 16.7 Å². The number of esters is 1. The summed E-state index contributed by atoms with van der Waals surface area (Å²) >= 11 is 7.68. The van der Waals surface area contributed by atoms with Gasteiger partial charge in [-0.2, -0.15) is 0 Å². The van der Waals surface area contributed by atoms with Crippen molar-refractivity contribution in [1.82, 2.24) is 10.3 Å². The molecule has 1 N–H and O–H groups in total. The topological polar surface area (TPSA) is 86.8 Å². The lowest BCUT2D eigenvalue weighted by molar-refractivity contribution is -0.144. The van der Waals surface area contributed by atoms with Crippen LogP contribution in [-0.4, -0.2) is 36.1 Å². The van der Waals surface area contributed by atoms with Gasteiger partial charge in [0.15, 0.2) is 0 Å². The Morgan fingerprint density at radius 2 is 2.16 bits per heavy atom. The molecule has 7 nitrogen and oxygen atoms in total. The number of rotatable bonds is 12. The van der Waals surface area contributed by atoms with E-state index >= 15 is 0 Å². The van der Waals surface area contributed by atoms with Gasteiger partial charge in [-0.05, 0) is 50.8 Å². The summed E-state index contributed by atoms with van der Waals surface area (Å²) < 4.78 is 16.3. The number of nitrogens with one attached hydrogen (secondary N) is 1. The van der Waals surface area contributed by atoms with Crippen LogP contribution in [0.15, 0.2) is 30.5 Å².